The van der Waals surface area contributed by atoms with Crippen LogP contribution in [0.4, 0.5) is 30.7 Å². The van der Waals surface area contributed by atoms with Crippen LogP contribution in [0.2, 0.25) is 0 Å². The predicted octanol–water partition coefficient (Wildman–Crippen LogP) is 6.25. The van der Waals surface area contributed by atoms with Crippen molar-refractivity contribution in [2.24, 2.45) is 0 Å². The standard InChI is InChI=1S/C22H24F7NO3/c1-30(21(24,25)26)13-5-10-20(31-15-23)32-19-9-3-2-7-17(19)12-11-16-6-4-8-18(14-16)33-22(27,28)29/h2-4,6-9,14,20H,5,10-13,15H2,1H3. The summed E-state index contributed by atoms with van der Waals surface area (Å²) in [6.45, 7) is -1.48. The van der Waals surface area contributed by atoms with Crippen LogP contribution < -0.4 is 9.47 Å². The third-order valence-corrected chi connectivity index (χ3v) is 4.66. The van der Waals surface area contributed by atoms with E-state index < -0.39 is 25.8 Å². The van der Waals surface area contributed by atoms with Gasteiger partial charge in [0.15, 0.2) is 6.86 Å². The van der Waals surface area contributed by atoms with Crippen LogP contribution in [0.5, 0.6) is 11.5 Å². The lowest BCUT2D eigenvalue weighted by Crippen LogP contribution is -2.35. The van der Waals surface area contributed by atoms with Gasteiger partial charge in [-0.2, -0.15) is 13.2 Å². The Morgan fingerprint density at radius 3 is 2.33 bits per heavy atom. The van der Waals surface area contributed by atoms with Gasteiger partial charge in [0.25, 0.3) is 0 Å². The molecule has 1 atom stereocenters. The molecule has 0 amide bonds. The van der Waals surface area contributed by atoms with Gasteiger partial charge in [0.05, 0.1) is 0 Å². The van der Waals surface area contributed by atoms with Gasteiger partial charge in [0, 0.05) is 13.0 Å². The summed E-state index contributed by atoms with van der Waals surface area (Å²) in [5.74, 6) is 0.0209. The van der Waals surface area contributed by atoms with E-state index in [1.165, 1.54) is 18.2 Å². The number of para-hydroxylation sites is 1. The number of nitrogens with zero attached hydrogens (tertiary/aromatic N) is 1. The Kier molecular flexibility index (Phi) is 9.78. The van der Waals surface area contributed by atoms with Gasteiger partial charge in [0.1, 0.15) is 11.5 Å². The lowest BCUT2D eigenvalue weighted by Gasteiger charge is -2.23. The number of hydrogen-bond acceptors (Lipinski definition) is 4. The van der Waals surface area contributed by atoms with Crippen LogP contribution in [0, 0.1) is 0 Å². The molecule has 184 valence electrons. The Bertz CT molecular complexity index is 858. The third kappa shape index (κ3) is 9.87. The molecule has 0 saturated heterocycles. The zero-order valence-electron chi connectivity index (χ0n) is 17.8. The van der Waals surface area contributed by atoms with Crippen molar-refractivity contribution in [3.05, 3.63) is 59.7 Å². The van der Waals surface area contributed by atoms with Crippen molar-refractivity contribution in [2.45, 2.75) is 44.6 Å². The molecule has 33 heavy (non-hydrogen) atoms. The van der Waals surface area contributed by atoms with Crippen LogP contribution in [0.3, 0.4) is 0 Å². The molecule has 0 spiro atoms. The van der Waals surface area contributed by atoms with Crippen molar-refractivity contribution >= 4 is 0 Å². The van der Waals surface area contributed by atoms with Gasteiger partial charge in [-0.25, -0.2) is 9.29 Å². The van der Waals surface area contributed by atoms with Gasteiger partial charge in [-0.1, -0.05) is 30.3 Å². The highest BCUT2D eigenvalue weighted by Gasteiger charge is 2.33. The smallest absolute Gasteiger partial charge is 0.465 e. The first kappa shape index (κ1) is 26.7. The highest BCUT2D eigenvalue weighted by Crippen LogP contribution is 2.26. The molecule has 0 radical (unpaired) electrons. The van der Waals surface area contributed by atoms with E-state index in [0.717, 1.165) is 7.05 Å². The third-order valence-electron chi connectivity index (χ3n) is 4.66. The Morgan fingerprint density at radius 2 is 1.67 bits per heavy atom. The van der Waals surface area contributed by atoms with E-state index >= 15 is 0 Å². The summed E-state index contributed by atoms with van der Waals surface area (Å²) in [5, 5.41) is 0. The first-order chi connectivity index (χ1) is 15.5. The maximum absolute atomic E-state index is 12.8. The maximum Gasteiger partial charge on any atom is 0.573 e. The fourth-order valence-corrected chi connectivity index (χ4v) is 3.01. The minimum atomic E-state index is -4.79. The average Bonchev–Trinajstić information content (AvgIpc) is 2.71. The fourth-order valence-electron chi connectivity index (χ4n) is 3.01. The number of aryl methyl sites for hydroxylation is 2. The van der Waals surface area contributed by atoms with E-state index in [4.69, 9.17) is 9.47 Å². The second kappa shape index (κ2) is 12.1. The molecule has 0 aliphatic heterocycles. The monoisotopic (exact) mass is 483 g/mol. The zero-order chi connectivity index (χ0) is 24.5. The Balaban J connectivity index is 2.00. The summed E-state index contributed by atoms with van der Waals surface area (Å²) in [4.78, 5) is 0.212. The molecule has 4 nitrogen and oxygen atoms in total. The molecule has 2 rings (SSSR count). The molecule has 0 aliphatic rings. The summed E-state index contributed by atoms with van der Waals surface area (Å²) in [6.07, 6.45) is -9.54. The van der Waals surface area contributed by atoms with Crippen molar-refractivity contribution in [1.82, 2.24) is 4.90 Å². The van der Waals surface area contributed by atoms with Gasteiger partial charge >= 0.3 is 12.7 Å². The molecule has 1 unspecified atom stereocenters. The summed E-state index contributed by atoms with van der Waals surface area (Å²) >= 11 is 0. The Morgan fingerprint density at radius 1 is 0.939 bits per heavy atom. The van der Waals surface area contributed by atoms with Gasteiger partial charge < -0.3 is 14.2 Å². The van der Waals surface area contributed by atoms with Gasteiger partial charge in [-0.3, -0.25) is 0 Å². The summed E-state index contributed by atoms with van der Waals surface area (Å²) in [7, 11) is 0.913. The number of benzene rings is 2. The van der Waals surface area contributed by atoms with Gasteiger partial charge in [-0.15, -0.1) is 13.2 Å². The zero-order valence-corrected chi connectivity index (χ0v) is 17.8. The van der Waals surface area contributed by atoms with Crippen LogP contribution in [-0.4, -0.2) is 44.3 Å². The normalized spacial score (nSPS) is 13.2. The van der Waals surface area contributed by atoms with Gasteiger partial charge in [-0.05, 0) is 55.6 Å². The van der Waals surface area contributed by atoms with E-state index in [-0.39, 0.29) is 30.0 Å². The van der Waals surface area contributed by atoms with Crippen molar-refractivity contribution in [1.29, 1.82) is 0 Å². The van der Waals surface area contributed by atoms with Crippen molar-refractivity contribution in [3.8, 4) is 11.5 Å². The molecule has 2 aromatic rings. The maximum atomic E-state index is 12.8. The van der Waals surface area contributed by atoms with Crippen LogP contribution in [0.15, 0.2) is 48.5 Å². The summed E-state index contributed by atoms with van der Waals surface area (Å²) < 4.78 is 102. The molecule has 0 bridgehead atoms. The van der Waals surface area contributed by atoms with Crippen LogP contribution in [-0.2, 0) is 17.6 Å². The lowest BCUT2D eigenvalue weighted by atomic mass is 10.0. The number of alkyl halides is 7. The quantitative estimate of drug-likeness (QED) is 0.203. The van der Waals surface area contributed by atoms with Crippen molar-refractivity contribution in [2.75, 3.05) is 20.5 Å². The minimum Gasteiger partial charge on any atom is -0.465 e. The Hall–Kier alpha value is -2.53. The fraction of sp³-hybridized carbons (Fsp3) is 0.455. The van der Waals surface area contributed by atoms with Crippen molar-refractivity contribution < 1.29 is 44.9 Å². The van der Waals surface area contributed by atoms with E-state index in [1.54, 1.807) is 30.3 Å². The van der Waals surface area contributed by atoms with Crippen molar-refractivity contribution in [3.63, 3.8) is 0 Å². The van der Waals surface area contributed by atoms with E-state index in [9.17, 15) is 30.7 Å². The first-order valence-electron chi connectivity index (χ1n) is 10.0. The predicted molar refractivity (Wildman–Crippen MR) is 106 cm³/mol. The second-order valence-corrected chi connectivity index (χ2v) is 7.16. The largest absolute Gasteiger partial charge is 0.573 e. The highest BCUT2D eigenvalue weighted by atomic mass is 19.4. The number of rotatable bonds is 12. The van der Waals surface area contributed by atoms with Gasteiger partial charge in [0.2, 0.25) is 6.29 Å². The van der Waals surface area contributed by atoms with E-state index in [1.807, 2.05) is 0 Å². The summed E-state index contributed by atoms with van der Waals surface area (Å²) in [5.41, 5.74) is 1.28. The number of halogens is 7. The second-order valence-electron chi connectivity index (χ2n) is 7.16. The first-order valence-corrected chi connectivity index (χ1v) is 10.0. The molecule has 0 heterocycles. The van der Waals surface area contributed by atoms with E-state index in [2.05, 4.69) is 4.74 Å². The molecular formula is C22H24F7NO3. The summed E-state index contributed by atoms with van der Waals surface area (Å²) in [6, 6.07) is 12.3. The Labute approximate surface area is 186 Å². The molecular weight excluding hydrogens is 459 g/mol. The molecule has 11 heteroatoms. The topological polar surface area (TPSA) is 30.9 Å². The molecule has 0 aromatic heterocycles. The number of hydrogen-bond donors (Lipinski definition) is 0. The molecule has 0 N–H and O–H groups in total. The number of ether oxygens (including phenoxy) is 3. The van der Waals surface area contributed by atoms with Crippen LogP contribution >= 0.6 is 0 Å². The molecule has 0 aliphatic carbocycles. The van der Waals surface area contributed by atoms with Crippen LogP contribution in [0.25, 0.3) is 0 Å². The average molecular weight is 483 g/mol. The molecule has 2 aromatic carbocycles. The highest BCUT2D eigenvalue weighted by molar-refractivity contribution is 5.35. The lowest BCUT2D eigenvalue weighted by molar-refractivity contribution is -0.274. The molecule has 0 fully saturated rings. The molecule has 0 saturated carbocycles. The van der Waals surface area contributed by atoms with E-state index in [0.29, 0.717) is 29.7 Å². The minimum absolute atomic E-state index is 0.0233. The SMILES string of the molecule is CN(CCCC(OCF)Oc1ccccc1CCc1cccc(OC(F)(F)F)c1)C(F)(F)F. The van der Waals surface area contributed by atoms with Crippen LogP contribution in [0.1, 0.15) is 24.0 Å².